The standard InChI is InChI=1S/C22H20N2O2S2/c1-25-21-15-7-3-5-9-17(15)23-13-19(21)27-11-12-28-20-14-24-18-10-6-4-8-16(18)22(20)26-2/h3-10,13-14H,11-12H2,1-2H3. The van der Waals surface area contributed by atoms with Gasteiger partial charge in [0.2, 0.25) is 0 Å². The highest BCUT2D eigenvalue weighted by Gasteiger charge is 2.12. The Balaban J connectivity index is 1.47. The summed E-state index contributed by atoms with van der Waals surface area (Å²) in [5, 5.41) is 2.09. The molecule has 0 N–H and O–H groups in total. The van der Waals surface area contributed by atoms with Gasteiger partial charge >= 0.3 is 0 Å². The molecule has 0 spiro atoms. The summed E-state index contributed by atoms with van der Waals surface area (Å²) < 4.78 is 11.3. The molecule has 4 rings (SSSR count). The van der Waals surface area contributed by atoms with E-state index in [1.165, 1.54) is 0 Å². The topological polar surface area (TPSA) is 44.2 Å². The number of thioether (sulfide) groups is 2. The zero-order valence-electron chi connectivity index (χ0n) is 15.7. The summed E-state index contributed by atoms with van der Waals surface area (Å²) in [5.74, 6) is 3.64. The molecule has 4 aromatic rings. The molecule has 28 heavy (non-hydrogen) atoms. The maximum absolute atomic E-state index is 5.66. The van der Waals surface area contributed by atoms with Gasteiger partial charge in [-0.05, 0) is 24.3 Å². The van der Waals surface area contributed by atoms with E-state index in [4.69, 9.17) is 9.47 Å². The first-order valence-electron chi connectivity index (χ1n) is 8.91. The lowest BCUT2D eigenvalue weighted by molar-refractivity contribution is 0.409. The van der Waals surface area contributed by atoms with Crippen molar-refractivity contribution in [2.75, 3.05) is 25.7 Å². The third-order valence-electron chi connectivity index (χ3n) is 4.39. The molecule has 0 atom stereocenters. The first-order valence-corrected chi connectivity index (χ1v) is 10.9. The van der Waals surface area contributed by atoms with Crippen molar-refractivity contribution in [1.29, 1.82) is 0 Å². The van der Waals surface area contributed by atoms with Gasteiger partial charge in [-0.3, -0.25) is 9.97 Å². The molecule has 0 unspecified atom stereocenters. The molecule has 0 saturated carbocycles. The van der Waals surface area contributed by atoms with Crippen LogP contribution in [-0.4, -0.2) is 35.7 Å². The highest BCUT2D eigenvalue weighted by molar-refractivity contribution is 8.03. The Morgan fingerprint density at radius 1 is 0.679 bits per heavy atom. The Labute approximate surface area is 172 Å². The molecule has 2 heterocycles. The zero-order valence-corrected chi connectivity index (χ0v) is 17.3. The molecule has 0 amide bonds. The van der Waals surface area contributed by atoms with Crippen molar-refractivity contribution in [2.45, 2.75) is 9.79 Å². The highest BCUT2D eigenvalue weighted by Crippen LogP contribution is 2.38. The second-order valence-corrected chi connectivity index (χ2v) is 8.32. The summed E-state index contributed by atoms with van der Waals surface area (Å²) in [6, 6.07) is 16.1. The first-order chi connectivity index (χ1) is 13.8. The van der Waals surface area contributed by atoms with E-state index in [2.05, 4.69) is 9.97 Å². The Hall–Kier alpha value is -2.44. The summed E-state index contributed by atoms with van der Waals surface area (Å²) in [7, 11) is 3.43. The normalized spacial score (nSPS) is 11.1. The minimum absolute atomic E-state index is 0.894. The first kappa shape index (κ1) is 18.9. The van der Waals surface area contributed by atoms with Crippen LogP contribution in [0.15, 0.2) is 70.7 Å². The fourth-order valence-electron chi connectivity index (χ4n) is 3.13. The maximum atomic E-state index is 5.66. The van der Waals surface area contributed by atoms with Gasteiger partial charge in [-0.25, -0.2) is 0 Å². The van der Waals surface area contributed by atoms with E-state index in [-0.39, 0.29) is 0 Å². The number of ether oxygens (including phenoxy) is 2. The van der Waals surface area contributed by atoms with Gasteiger partial charge in [0.25, 0.3) is 0 Å². The second kappa shape index (κ2) is 8.71. The van der Waals surface area contributed by atoms with E-state index in [1.807, 2.05) is 60.9 Å². The molecule has 4 nitrogen and oxygen atoms in total. The van der Waals surface area contributed by atoms with Gasteiger partial charge in [0, 0.05) is 34.7 Å². The smallest absolute Gasteiger partial charge is 0.143 e. The van der Waals surface area contributed by atoms with Gasteiger partial charge < -0.3 is 9.47 Å². The van der Waals surface area contributed by atoms with E-state index >= 15 is 0 Å². The Morgan fingerprint density at radius 3 is 1.54 bits per heavy atom. The van der Waals surface area contributed by atoms with E-state index < -0.39 is 0 Å². The summed E-state index contributed by atoms with van der Waals surface area (Å²) in [4.78, 5) is 11.2. The van der Waals surface area contributed by atoms with Crippen molar-refractivity contribution in [1.82, 2.24) is 9.97 Å². The molecule has 0 fully saturated rings. The minimum atomic E-state index is 0.894. The van der Waals surface area contributed by atoms with E-state index in [1.54, 1.807) is 37.7 Å². The SMILES string of the molecule is COc1c(SCCSc2cnc3ccccc3c2OC)cnc2ccccc12. The quantitative estimate of drug-likeness (QED) is 0.289. The summed E-state index contributed by atoms with van der Waals surface area (Å²) in [6.45, 7) is 0. The van der Waals surface area contributed by atoms with Crippen LogP contribution in [0.1, 0.15) is 0 Å². The fraction of sp³-hybridized carbons (Fsp3) is 0.182. The van der Waals surface area contributed by atoms with Crippen LogP contribution in [0.2, 0.25) is 0 Å². The van der Waals surface area contributed by atoms with Crippen molar-refractivity contribution in [3.63, 3.8) is 0 Å². The number of aromatic nitrogens is 2. The molecule has 0 saturated heterocycles. The molecule has 2 aromatic heterocycles. The molecular formula is C22H20N2O2S2. The summed E-state index contributed by atoms with van der Waals surface area (Å²) >= 11 is 3.51. The maximum Gasteiger partial charge on any atom is 0.143 e. The second-order valence-electron chi connectivity index (χ2n) is 6.04. The molecule has 0 aliphatic rings. The van der Waals surface area contributed by atoms with Crippen LogP contribution in [0.4, 0.5) is 0 Å². The van der Waals surface area contributed by atoms with Crippen LogP contribution < -0.4 is 9.47 Å². The summed E-state index contributed by atoms with van der Waals surface area (Å²) in [5.41, 5.74) is 1.90. The highest BCUT2D eigenvalue weighted by atomic mass is 32.2. The lowest BCUT2D eigenvalue weighted by atomic mass is 10.2. The average molecular weight is 409 g/mol. The molecule has 2 aromatic carbocycles. The number of para-hydroxylation sites is 2. The molecule has 142 valence electrons. The number of hydrogen-bond acceptors (Lipinski definition) is 6. The number of pyridine rings is 2. The van der Waals surface area contributed by atoms with Gasteiger partial charge in [0.15, 0.2) is 0 Å². The van der Waals surface area contributed by atoms with E-state index in [9.17, 15) is 0 Å². The van der Waals surface area contributed by atoms with Crippen LogP contribution >= 0.6 is 23.5 Å². The number of methoxy groups -OCH3 is 2. The third-order valence-corrected chi connectivity index (χ3v) is 6.67. The molecule has 6 heteroatoms. The number of fused-ring (bicyclic) bond motifs is 2. The molecular weight excluding hydrogens is 388 g/mol. The Bertz CT molecular complexity index is 1030. The Morgan fingerprint density at radius 2 is 1.11 bits per heavy atom. The van der Waals surface area contributed by atoms with Crippen LogP contribution in [0.3, 0.4) is 0 Å². The van der Waals surface area contributed by atoms with Crippen molar-refractivity contribution < 1.29 is 9.47 Å². The van der Waals surface area contributed by atoms with Gasteiger partial charge in [-0.15, -0.1) is 23.5 Å². The van der Waals surface area contributed by atoms with E-state index in [0.717, 1.165) is 54.6 Å². The van der Waals surface area contributed by atoms with Gasteiger partial charge in [-0.1, -0.05) is 24.3 Å². The van der Waals surface area contributed by atoms with Crippen LogP contribution in [-0.2, 0) is 0 Å². The van der Waals surface area contributed by atoms with Gasteiger partial charge in [-0.2, -0.15) is 0 Å². The van der Waals surface area contributed by atoms with Crippen molar-refractivity contribution in [3.8, 4) is 11.5 Å². The molecule has 0 radical (unpaired) electrons. The number of rotatable bonds is 7. The third kappa shape index (κ3) is 3.75. The van der Waals surface area contributed by atoms with Crippen molar-refractivity contribution in [3.05, 3.63) is 60.9 Å². The number of hydrogen-bond donors (Lipinski definition) is 0. The predicted octanol–water partition coefficient (Wildman–Crippen LogP) is 5.68. The van der Waals surface area contributed by atoms with Crippen molar-refractivity contribution >= 4 is 45.3 Å². The van der Waals surface area contributed by atoms with E-state index in [0.29, 0.717) is 0 Å². The molecule has 0 aliphatic carbocycles. The fourth-order valence-corrected chi connectivity index (χ4v) is 5.14. The lowest BCUT2D eigenvalue weighted by Crippen LogP contribution is -1.94. The monoisotopic (exact) mass is 408 g/mol. The largest absolute Gasteiger partial charge is 0.495 e. The summed E-state index contributed by atoms with van der Waals surface area (Å²) in [6.07, 6.45) is 3.79. The molecule has 0 aliphatic heterocycles. The van der Waals surface area contributed by atoms with Gasteiger partial charge in [0.1, 0.15) is 11.5 Å². The number of nitrogens with zero attached hydrogens (tertiary/aromatic N) is 2. The predicted molar refractivity (Wildman–Crippen MR) is 118 cm³/mol. The lowest BCUT2D eigenvalue weighted by Gasteiger charge is -2.12. The minimum Gasteiger partial charge on any atom is -0.495 e. The Kier molecular flexibility index (Phi) is 5.88. The number of benzene rings is 2. The van der Waals surface area contributed by atoms with Crippen molar-refractivity contribution in [2.24, 2.45) is 0 Å². The average Bonchev–Trinajstić information content (AvgIpc) is 2.76. The van der Waals surface area contributed by atoms with Gasteiger partial charge in [0.05, 0.1) is 35.0 Å². The van der Waals surface area contributed by atoms with Crippen LogP contribution in [0.5, 0.6) is 11.5 Å². The van der Waals surface area contributed by atoms with Crippen LogP contribution in [0, 0.1) is 0 Å². The molecule has 0 bridgehead atoms. The zero-order chi connectivity index (χ0) is 19.3. The van der Waals surface area contributed by atoms with Crippen LogP contribution in [0.25, 0.3) is 21.8 Å².